The van der Waals surface area contributed by atoms with Crippen molar-refractivity contribution in [2.24, 2.45) is 5.92 Å². The summed E-state index contributed by atoms with van der Waals surface area (Å²) in [5.74, 6) is -0.439. The number of aromatic nitrogens is 1. The monoisotopic (exact) mass is 550 g/mol. The number of hydrogen-bond donors (Lipinski definition) is 1. The van der Waals surface area contributed by atoms with Gasteiger partial charge >= 0.3 is 5.97 Å². The van der Waals surface area contributed by atoms with Crippen LogP contribution in [0.2, 0.25) is 5.02 Å². The van der Waals surface area contributed by atoms with E-state index in [9.17, 15) is 14.4 Å². The zero-order chi connectivity index (χ0) is 28.5. The summed E-state index contributed by atoms with van der Waals surface area (Å²) in [6.45, 7) is 4.13. The van der Waals surface area contributed by atoms with Gasteiger partial charge in [-0.2, -0.15) is 0 Å². The summed E-state index contributed by atoms with van der Waals surface area (Å²) in [5.41, 5.74) is 4.34. The van der Waals surface area contributed by atoms with Crippen molar-refractivity contribution in [3.05, 3.63) is 93.4 Å². The predicted octanol–water partition coefficient (Wildman–Crippen LogP) is 6.95. The number of benzene rings is 2. The summed E-state index contributed by atoms with van der Waals surface area (Å²) in [7, 11) is 3.94. The van der Waals surface area contributed by atoms with Gasteiger partial charge in [-0.15, -0.1) is 0 Å². The second kappa shape index (κ2) is 14.2. The molecule has 1 saturated carbocycles. The van der Waals surface area contributed by atoms with Gasteiger partial charge in [0, 0.05) is 41.7 Å². The number of pyridine rings is 1. The molecule has 0 radical (unpaired) electrons. The van der Waals surface area contributed by atoms with Crippen molar-refractivity contribution in [1.82, 2.24) is 9.47 Å². The molecule has 1 aromatic heterocycles. The maximum Gasteiger partial charge on any atom is 0.303 e. The minimum Gasteiger partial charge on any atom is -0.481 e. The van der Waals surface area contributed by atoms with Gasteiger partial charge in [0.05, 0.1) is 6.04 Å². The van der Waals surface area contributed by atoms with E-state index >= 15 is 0 Å². The maximum absolute atomic E-state index is 12.7. The quantitative estimate of drug-likeness (QED) is 0.279. The molecule has 39 heavy (non-hydrogen) atoms. The van der Waals surface area contributed by atoms with Gasteiger partial charge in [0.1, 0.15) is 0 Å². The zero-order valence-corrected chi connectivity index (χ0v) is 24.0. The van der Waals surface area contributed by atoms with E-state index in [1.807, 2.05) is 50.5 Å². The van der Waals surface area contributed by atoms with E-state index < -0.39 is 12.0 Å². The van der Waals surface area contributed by atoms with Crippen LogP contribution in [0.4, 0.5) is 0 Å². The van der Waals surface area contributed by atoms with Crippen molar-refractivity contribution in [3.8, 4) is 11.1 Å². The smallest absolute Gasteiger partial charge is 0.303 e. The van der Waals surface area contributed by atoms with Crippen molar-refractivity contribution < 1.29 is 14.7 Å². The second-order valence-corrected chi connectivity index (χ2v) is 11.0. The summed E-state index contributed by atoms with van der Waals surface area (Å²) in [4.78, 5) is 37.8. The molecule has 2 atom stereocenters. The lowest BCUT2D eigenvalue weighted by Crippen LogP contribution is -2.31. The van der Waals surface area contributed by atoms with Crippen molar-refractivity contribution >= 4 is 23.4 Å². The first-order valence-electron chi connectivity index (χ1n) is 13.5. The lowest BCUT2D eigenvalue weighted by atomic mass is 10.00. The number of nitrogens with zero attached hydrogens (tertiary/aromatic N) is 2. The molecule has 7 heteroatoms. The molecule has 208 valence electrons. The average molecular weight is 551 g/mol. The predicted molar refractivity (Wildman–Crippen MR) is 157 cm³/mol. The van der Waals surface area contributed by atoms with Crippen molar-refractivity contribution in [3.63, 3.8) is 0 Å². The highest BCUT2D eigenvalue weighted by Gasteiger charge is 2.31. The third-order valence-electron chi connectivity index (χ3n) is 7.28. The van der Waals surface area contributed by atoms with Crippen LogP contribution in [0.1, 0.15) is 68.7 Å². The van der Waals surface area contributed by atoms with Gasteiger partial charge in [-0.3, -0.25) is 14.4 Å². The largest absolute Gasteiger partial charge is 0.481 e. The number of rotatable bonds is 11. The molecule has 1 aliphatic carbocycles. The molecule has 2 unspecified atom stereocenters. The van der Waals surface area contributed by atoms with Crippen LogP contribution in [-0.4, -0.2) is 40.4 Å². The summed E-state index contributed by atoms with van der Waals surface area (Å²) in [6.07, 6.45) is 5.17. The van der Waals surface area contributed by atoms with Crippen LogP contribution in [0.25, 0.3) is 11.1 Å². The first kappa shape index (κ1) is 30.3. The molecule has 2 aromatic carbocycles. The van der Waals surface area contributed by atoms with Gasteiger partial charge in [-0.1, -0.05) is 73.0 Å². The molecule has 0 amide bonds. The molecule has 0 aliphatic heterocycles. The fraction of sp³-hybridized carbons (Fsp3) is 0.406. The molecule has 4 rings (SSSR count). The van der Waals surface area contributed by atoms with Gasteiger partial charge < -0.3 is 14.6 Å². The molecular formula is C32H39ClN2O4. The van der Waals surface area contributed by atoms with E-state index in [0.29, 0.717) is 18.8 Å². The molecule has 6 nitrogen and oxygen atoms in total. The Morgan fingerprint density at radius 3 is 2.31 bits per heavy atom. The SMILES string of the molecule is CC(c1ccc(=O)n(C(CC2CC2)C(=O)CCCC(=O)O)c1)N(C)C.Cc1cccc(Cl)c1-c1ccccc1. The fourth-order valence-electron chi connectivity index (χ4n) is 4.56. The van der Waals surface area contributed by atoms with E-state index in [1.54, 1.807) is 10.8 Å². The van der Waals surface area contributed by atoms with Crippen molar-refractivity contribution in [2.75, 3.05) is 14.1 Å². The lowest BCUT2D eigenvalue weighted by Gasteiger charge is -2.24. The lowest BCUT2D eigenvalue weighted by molar-refractivity contribution is -0.137. The molecule has 0 spiro atoms. The van der Waals surface area contributed by atoms with Gasteiger partial charge in [-0.05, 0) is 69.5 Å². The van der Waals surface area contributed by atoms with Crippen LogP contribution in [0, 0.1) is 12.8 Å². The standard InChI is InChI=1S/C19H28N2O4.C13H11Cl/c1-13(20(2)3)15-9-10-18(23)21(12-15)16(11-14-7-8-14)17(22)5-4-6-19(24)25;1-10-6-5-9-12(14)13(10)11-7-3-2-4-8-11/h9-10,12-14,16H,4-8,11H2,1-3H3,(H,24,25);2-9H,1H3. The Morgan fingerprint density at radius 2 is 1.72 bits per heavy atom. The van der Waals surface area contributed by atoms with Crippen LogP contribution < -0.4 is 5.56 Å². The number of hydrogen-bond acceptors (Lipinski definition) is 4. The first-order chi connectivity index (χ1) is 18.6. The Hall–Kier alpha value is -3.22. The number of carbonyl (C=O) groups is 2. The Labute approximate surface area is 236 Å². The number of halogens is 1. The number of aryl methyl sites for hydroxylation is 1. The highest BCUT2D eigenvalue weighted by molar-refractivity contribution is 6.33. The summed E-state index contributed by atoms with van der Waals surface area (Å²) in [5, 5.41) is 9.58. The zero-order valence-electron chi connectivity index (χ0n) is 23.3. The minimum atomic E-state index is -0.898. The Morgan fingerprint density at radius 1 is 1.03 bits per heavy atom. The van der Waals surface area contributed by atoms with Crippen LogP contribution in [0.15, 0.2) is 71.7 Å². The van der Waals surface area contributed by atoms with Gasteiger partial charge in [0.25, 0.3) is 5.56 Å². The third kappa shape index (κ3) is 8.91. The highest BCUT2D eigenvalue weighted by atomic mass is 35.5. The van der Waals surface area contributed by atoms with Crippen LogP contribution in [-0.2, 0) is 9.59 Å². The molecule has 1 aliphatic rings. The van der Waals surface area contributed by atoms with Gasteiger partial charge in [0.15, 0.2) is 5.78 Å². The normalized spacial score (nSPS) is 14.3. The van der Waals surface area contributed by atoms with Crippen molar-refractivity contribution in [2.45, 2.75) is 64.5 Å². The molecule has 1 N–H and O–H groups in total. The van der Waals surface area contributed by atoms with Crippen LogP contribution in [0.5, 0.6) is 0 Å². The minimum absolute atomic E-state index is 0.0194. The third-order valence-corrected chi connectivity index (χ3v) is 7.59. The summed E-state index contributed by atoms with van der Waals surface area (Å²) in [6, 6.07) is 19.2. The molecule has 0 bridgehead atoms. The maximum atomic E-state index is 12.7. The second-order valence-electron chi connectivity index (χ2n) is 10.6. The van der Waals surface area contributed by atoms with Gasteiger partial charge in [-0.25, -0.2) is 0 Å². The number of carbonyl (C=O) groups excluding carboxylic acids is 1. The summed E-state index contributed by atoms with van der Waals surface area (Å²) < 4.78 is 1.57. The van der Waals surface area contributed by atoms with Crippen molar-refractivity contribution in [1.29, 1.82) is 0 Å². The fourth-order valence-corrected chi connectivity index (χ4v) is 4.89. The van der Waals surface area contributed by atoms with E-state index in [2.05, 4.69) is 36.9 Å². The molecule has 3 aromatic rings. The number of Topliss-reactive ketones (excluding diaryl/α,β-unsaturated/α-hetero) is 1. The average Bonchev–Trinajstić information content (AvgIpc) is 3.72. The number of carboxylic acid groups (broad SMARTS) is 1. The Kier molecular flexibility index (Phi) is 11.1. The number of carboxylic acids is 1. The topological polar surface area (TPSA) is 79.6 Å². The van der Waals surface area contributed by atoms with Gasteiger partial charge in [0.2, 0.25) is 0 Å². The highest BCUT2D eigenvalue weighted by Crippen LogP contribution is 2.37. The van der Waals surface area contributed by atoms with E-state index in [-0.39, 0.29) is 30.2 Å². The Bertz CT molecular complexity index is 1290. The van der Waals surface area contributed by atoms with Crippen LogP contribution in [0.3, 0.4) is 0 Å². The molecular weight excluding hydrogens is 512 g/mol. The molecule has 1 fully saturated rings. The van der Waals surface area contributed by atoms with E-state index in [0.717, 1.165) is 29.0 Å². The van der Waals surface area contributed by atoms with E-state index in [1.165, 1.54) is 17.2 Å². The molecule has 0 saturated heterocycles. The number of aliphatic carboxylic acids is 1. The molecule has 1 heterocycles. The Balaban J connectivity index is 0.000000252. The van der Waals surface area contributed by atoms with E-state index in [4.69, 9.17) is 16.7 Å². The van der Waals surface area contributed by atoms with Crippen LogP contribution >= 0.6 is 11.6 Å². The number of ketones is 1. The first-order valence-corrected chi connectivity index (χ1v) is 13.9. The summed E-state index contributed by atoms with van der Waals surface area (Å²) >= 11 is 6.16.